The minimum Gasteiger partial charge on any atom is -0.358 e. The predicted molar refractivity (Wildman–Crippen MR) is 39.5 cm³/mol. The molecule has 0 bridgehead atoms. The van der Waals surface area contributed by atoms with Crippen molar-refractivity contribution >= 4 is 0 Å². The van der Waals surface area contributed by atoms with E-state index in [2.05, 4.69) is 6.92 Å². The Morgan fingerprint density at radius 1 is 1.11 bits per heavy atom. The van der Waals surface area contributed by atoms with E-state index in [1.54, 1.807) is 6.92 Å². The van der Waals surface area contributed by atoms with E-state index in [1.165, 1.54) is 0 Å². The van der Waals surface area contributed by atoms with E-state index in [4.69, 9.17) is 0 Å². The van der Waals surface area contributed by atoms with Gasteiger partial charge in [0.05, 0.1) is 0 Å². The second kappa shape index (κ2) is 15.7. The Hall–Kier alpha value is -0.131. The maximum absolute atomic E-state index is 3.25. The first-order chi connectivity index (χ1) is 3.50. The summed E-state index contributed by atoms with van der Waals surface area (Å²) in [4.78, 5) is 0. The molecule has 0 fully saturated rings. The van der Waals surface area contributed by atoms with Gasteiger partial charge in [0, 0.05) is 0 Å². The van der Waals surface area contributed by atoms with Gasteiger partial charge >= 0.3 is 17.1 Å². The molecule has 0 aliphatic heterocycles. The van der Waals surface area contributed by atoms with Gasteiger partial charge in [0.2, 0.25) is 0 Å². The Balaban J connectivity index is -0.0000000836. The zero-order chi connectivity index (χ0) is 5.54. The third kappa shape index (κ3) is 11.4. The molecule has 0 unspecified atom stereocenters. The standard InChI is InChI=1S/C5H5.C2H5.CH3.Mn/c1-2-4-5-3-1;1-2;;/h1-5H;1H2,2H3;1H3;/q3*-1;+3. The van der Waals surface area contributed by atoms with Crippen molar-refractivity contribution in [2.24, 2.45) is 0 Å². The maximum Gasteiger partial charge on any atom is 3.00 e. The van der Waals surface area contributed by atoms with Crippen LogP contribution in [0.1, 0.15) is 6.92 Å². The summed E-state index contributed by atoms with van der Waals surface area (Å²) >= 11 is 0. The molecule has 0 saturated carbocycles. The number of hydrogen-bond donors (Lipinski definition) is 0. The van der Waals surface area contributed by atoms with Crippen molar-refractivity contribution in [3.05, 3.63) is 44.7 Å². The van der Waals surface area contributed by atoms with Crippen molar-refractivity contribution < 1.29 is 17.1 Å². The monoisotopic (exact) mass is 164 g/mol. The van der Waals surface area contributed by atoms with Crippen LogP contribution in [-0.4, -0.2) is 0 Å². The normalized spacial score (nSPS) is 5.11. The first-order valence-electron chi connectivity index (χ1n) is 2.37. The molecule has 1 aromatic rings. The molecule has 9 heavy (non-hydrogen) atoms. The SMILES string of the molecule is [CH2-]C.[CH3-].[Mn+3].c1cc[cH-]c1. The quantitative estimate of drug-likeness (QED) is 0.408. The summed E-state index contributed by atoms with van der Waals surface area (Å²) in [5.41, 5.74) is 0. The van der Waals surface area contributed by atoms with Crippen LogP contribution < -0.4 is 0 Å². The van der Waals surface area contributed by atoms with Crippen molar-refractivity contribution in [2.75, 3.05) is 0 Å². The van der Waals surface area contributed by atoms with E-state index in [0.717, 1.165) is 0 Å². The molecule has 1 aromatic carbocycles. The summed E-state index contributed by atoms with van der Waals surface area (Å²) in [5.74, 6) is 0. The molecule has 1 rings (SSSR count). The zero-order valence-electron chi connectivity index (χ0n) is 5.97. The number of rotatable bonds is 0. The molecule has 0 aliphatic rings. The van der Waals surface area contributed by atoms with Crippen LogP contribution in [0.2, 0.25) is 0 Å². The molecule has 0 saturated heterocycles. The summed E-state index contributed by atoms with van der Waals surface area (Å²) in [5, 5.41) is 0. The van der Waals surface area contributed by atoms with Gasteiger partial charge in [0.15, 0.2) is 0 Å². The minimum atomic E-state index is 0. The maximum atomic E-state index is 3.25. The Morgan fingerprint density at radius 2 is 1.44 bits per heavy atom. The first-order valence-corrected chi connectivity index (χ1v) is 2.37. The largest absolute Gasteiger partial charge is 3.00 e. The summed E-state index contributed by atoms with van der Waals surface area (Å²) in [6.07, 6.45) is 0. The summed E-state index contributed by atoms with van der Waals surface area (Å²) in [7, 11) is 0. The van der Waals surface area contributed by atoms with Gasteiger partial charge in [-0.1, -0.05) is 0 Å². The molecule has 0 nitrogen and oxygen atoms in total. The molecule has 0 atom stereocenters. The van der Waals surface area contributed by atoms with E-state index >= 15 is 0 Å². The Labute approximate surface area is 69.1 Å². The van der Waals surface area contributed by atoms with Crippen molar-refractivity contribution in [3.63, 3.8) is 0 Å². The van der Waals surface area contributed by atoms with Gasteiger partial charge < -0.3 is 14.4 Å². The first kappa shape index (κ1) is 15.9. The minimum absolute atomic E-state index is 0. The van der Waals surface area contributed by atoms with Crippen molar-refractivity contribution in [3.8, 4) is 0 Å². The van der Waals surface area contributed by atoms with Crippen molar-refractivity contribution in [1.29, 1.82) is 0 Å². The fourth-order valence-electron chi connectivity index (χ4n) is 0.321. The predicted octanol–water partition coefficient (Wildman–Crippen LogP) is 2.69. The molecule has 0 aromatic heterocycles. The molecular formula is C8H13Mn. The third-order valence-corrected chi connectivity index (χ3v) is 0.556. The van der Waals surface area contributed by atoms with E-state index in [-0.39, 0.29) is 24.5 Å². The van der Waals surface area contributed by atoms with Crippen LogP contribution in [0.15, 0.2) is 30.3 Å². The van der Waals surface area contributed by atoms with Crippen molar-refractivity contribution in [2.45, 2.75) is 6.92 Å². The zero-order valence-corrected chi connectivity index (χ0v) is 7.15. The van der Waals surface area contributed by atoms with Gasteiger partial charge in [-0.25, -0.2) is 12.1 Å². The Kier molecular flexibility index (Phi) is 27.7. The van der Waals surface area contributed by atoms with Gasteiger partial charge in [0.25, 0.3) is 0 Å². The van der Waals surface area contributed by atoms with Crippen LogP contribution in [0, 0.1) is 14.4 Å². The van der Waals surface area contributed by atoms with Crippen LogP contribution in [0.3, 0.4) is 0 Å². The molecule has 1 heteroatoms. The Bertz CT molecular complexity index is 61.0. The van der Waals surface area contributed by atoms with E-state index in [1.807, 2.05) is 30.3 Å². The van der Waals surface area contributed by atoms with Gasteiger partial charge in [-0.15, -0.1) is 0 Å². The fourth-order valence-corrected chi connectivity index (χ4v) is 0.321. The van der Waals surface area contributed by atoms with Crippen LogP contribution in [0.5, 0.6) is 0 Å². The molecule has 0 aliphatic carbocycles. The molecular weight excluding hydrogens is 151 g/mol. The smallest absolute Gasteiger partial charge is 0.358 e. The van der Waals surface area contributed by atoms with Crippen LogP contribution in [0.4, 0.5) is 0 Å². The summed E-state index contributed by atoms with van der Waals surface area (Å²) in [6, 6.07) is 10.0. The van der Waals surface area contributed by atoms with Crippen LogP contribution in [0.25, 0.3) is 0 Å². The van der Waals surface area contributed by atoms with Crippen molar-refractivity contribution in [1.82, 2.24) is 0 Å². The molecule has 0 radical (unpaired) electrons. The van der Waals surface area contributed by atoms with E-state index < -0.39 is 0 Å². The molecule has 52 valence electrons. The van der Waals surface area contributed by atoms with Gasteiger partial charge in [0.1, 0.15) is 0 Å². The Morgan fingerprint density at radius 3 is 1.56 bits per heavy atom. The topological polar surface area (TPSA) is 0 Å². The van der Waals surface area contributed by atoms with E-state index in [0.29, 0.717) is 0 Å². The molecule has 0 N–H and O–H groups in total. The van der Waals surface area contributed by atoms with Gasteiger partial charge in [-0.05, 0) is 0 Å². The third-order valence-electron chi connectivity index (χ3n) is 0.556. The van der Waals surface area contributed by atoms with E-state index in [9.17, 15) is 0 Å². The summed E-state index contributed by atoms with van der Waals surface area (Å²) < 4.78 is 0. The van der Waals surface area contributed by atoms with Crippen LogP contribution >= 0.6 is 0 Å². The molecule has 0 heterocycles. The number of hydrogen-bond acceptors (Lipinski definition) is 0. The fraction of sp³-hybridized carbons (Fsp3) is 0.125. The average Bonchev–Trinajstić information content (AvgIpc) is 2.23. The second-order valence-electron chi connectivity index (χ2n) is 0.962. The molecule has 0 amide bonds. The van der Waals surface area contributed by atoms with Gasteiger partial charge in [-0.2, -0.15) is 25.1 Å². The van der Waals surface area contributed by atoms with Crippen LogP contribution in [-0.2, 0) is 17.1 Å². The average molecular weight is 164 g/mol. The molecule has 0 spiro atoms. The van der Waals surface area contributed by atoms with Gasteiger partial charge in [-0.3, -0.25) is 0 Å². The second-order valence-corrected chi connectivity index (χ2v) is 0.962. The summed E-state index contributed by atoms with van der Waals surface area (Å²) in [6.45, 7) is 5.00.